The van der Waals surface area contributed by atoms with E-state index in [1.165, 1.54) is 6.29 Å². The molecule has 0 atom stereocenters. The summed E-state index contributed by atoms with van der Waals surface area (Å²) in [7, 11) is 0. The Morgan fingerprint density at radius 3 is 2.00 bits per heavy atom. The predicted octanol–water partition coefficient (Wildman–Crippen LogP) is 0.280. The van der Waals surface area contributed by atoms with E-state index in [0.717, 1.165) is 6.08 Å². The smallest absolute Gasteiger partial charge is 0 e. The van der Waals surface area contributed by atoms with Crippen LogP contribution in [0.1, 0.15) is 0 Å². The third-order valence-corrected chi connectivity index (χ3v) is 0.0833. The van der Waals surface area contributed by atoms with E-state index < -0.39 is 0 Å². The molecular formula is C3H3NiO-. The molecule has 0 bridgehead atoms. The minimum absolute atomic E-state index is 0. The Morgan fingerprint density at radius 2 is 2.00 bits per heavy atom. The molecule has 0 unspecified atom stereocenters. The van der Waals surface area contributed by atoms with Crippen LogP contribution in [-0.4, -0.2) is 6.29 Å². The molecule has 0 amide bonds. The van der Waals surface area contributed by atoms with Gasteiger partial charge in [0.25, 0.3) is 0 Å². The van der Waals surface area contributed by atoms with Crippen LogP contribution < -0.4 is 0 Å². The summed E-state index contributed by atoms with van der Waals surface area (Å²) in [6, 6.07) is 0. The van der Waals surface area contributed by atoms with Gasteiger partial charge in [-0.3, -0.25) is 0 Å². The molecule has 0 fully saturated rings. The Hall–Kier alpha value is -0.0965. The normalized spacial score (nSPS) is 4.00. The topological polar surface area (TPSA) is 17.1 Å². The number of carbonyl (C=O) groups excluding carboxylic acids is 1. The van der Waals surface area contributed by atoms with Crippen LogP contribution in [0.15, 0.2) is 12.7 Å². The van der Waals surface area contributed by atoms with E-state index in [9.17, 15) is 0 Å². The van der Waals surface area contributed by atoms with Crippen LogP contribution in [0.25, 0.3) is 0 Å². The molecule has 0 aromatic rings. The van der Waals surface area contributed by atoms with Gasteiger partial charge in [-0.05, 0) is 6.29 Å². The molecule has 0 radical (unpaired) electrons. The van der Waals surface area contributed by atoms with Gasteiger partial charge in [0.05, 0.1) is 0 Å². The van der Waals surface area contributed by atoms with Gasteiger partial charge in [-0.2, -0.15) is 0 Å². The van der Waals surface area contributed by atoms with Gasteiger partial charge in [-0.1, -0.05) is 0 Å². The monoisotopic (exact) mass is 113 g/mol. The van der Waals surface area contributed by atoms with Crippen molar-refractivity contribution in [1.82, 2.24) is 0 Å². The summed E-state index contributed by atoms with van der Waals surface area (Å²) >= 11 is 0. The Morgan fingerprint density at radius 1 is 1.80 bits per heavy atom. The minimum Gasteiger partial charge on any atom is -0.419 e. The van der Waals surface area contributed by atoms with Crippen LogP contribution in [0.3, 0.4) is 0 Å². The van der Waals surface area contributed by atoms with Crippen molar-refractivity contribution in [3.8, 4) is 0 Å². The van der Waals surface area contributed by atoms with E-state index in [1.807, 2.05) is 0 Å². The molecule has 0 N–H and O–H groups in total. The summed E-state index contributed by atoms with van der Waals surface area (Å²) in [5.41, 5.74) is 0. The molecule has 0 saturated heterocycles. The minimum atomic E-state index is 0. The number of hydrogen-bond donors (Lipinski definition) is 0. The van der Waals surface area contributed by atoms with Crippen LogP contribution in [0, 0.1) is 0 Å². The Balaban J connectivity index is 0. The molecular weight excluding hydrogens is 111 g/mol. The van der Waals surface area contributed by atoms with Crippen LogP contribution >= 0.6 is 0 Å². The van der Waals surface area contributed by atoms with E-state index in [0.29, 0.717) is 0 Å². The summed E-state index contributed by atoms with van der Waals surface area (Å²) in [6.45, 7) is 3.06. The summed E-state index contributed by atoms with van der Waals surface area (Å²) in [6.07, 6.45) is 2.51. The Bertz CT molecular complexity index is 27.9. The zero-order valence-electron chi connectivity index (χ0n) is 2.51. The maximum Gasteiger partial charge on any atom is 0 e. The van der Waals surface area contributed by atoms with Gasteiger partial charge in [-0.15, -0.1) is 0 Å². The van der Waals surface area contributed by atoms with Gasteiger partial charge >= 0.3 is 0 Å². The summed E-state index contributed by atoms with van der Waals surface area (Å²) in [4.78, 5) is 8.93. The largest absolute Gasteiger partial charge is 0.419 e. The van der Waals surface area contributed by atoms with Crippen molar-refractivity contribution in [3.63, 3.8) is 0 Å². The average Bonchev–Trinajstić information content (AvgIpc) is 1.37. The van der Waals surface area contributed by atoms with Crippen molar-refractivity contribution < 1.29 is 21.3 Å². The SMILES string of the molecule is C=C[C-]=O.[Ni]. The molecule has 0 aromatic heterocycles. The first kappa shape index (κ1) is 8.86. The molecule has 32 valence electrons. The van der Waals surface area contributed by atoms with Gasteiger partial charge in [0.2, 0.25) is 0 Å². The van der Waals surface area contributed by atoms with Gasteiger partial charge in [0, 0.05) is 16.5 Å². The first-order chi connectivity index (χ1) is 1.91. The standard InChI is InChI=1S/C3H3O.Ni/c1-2-3-4;/h2H,1H2;/q-1;. The molecule has 0 aromatic carbocycles. The third-order valence-electron chi connectivity index (χ3n) is 0.0833. The van der Waals surface area contributed by atoms with Crippen LogP contribution in [-0.2, 0) is 21.3 Å². The molecule has 0 rings (SSSR count). The van der Waals surface area contributed by atoms with Crippen molar-refractivity contribution in [2.24, 2.45) is 0 Å². The van der Waals surface area contributed by atoms with Gasteiger partial charge < -0.3 is 4.79 Å². The second-order valence-electron chi connectivity index (χ2n) is 0.322. The van der Waals surface area contributed by atoms with Crippen molar-refractivity contribution >= 4 is 6.29 Å². The number of allylic oxidation sites excluding steroid dienone is 1. The van der Waals surface area contributed by atoms with Crippen LogP contribution in [0.5, 0.6) is 0 Å². The average molecular weight is 114 g/mol. The molecule has 0 aliphatic rings. The fraction of sp³-hybridized carbons (Fsp3) is 0. The Labute approximate surface area is 41.0 Å². The predicted molar refractivity (Wildman–Crippen MR) is 15.9 cm³/mol. The summed E-state index contributed by atoms with van der Waals surface area (Å²) in [5.74, 6) is 0. The fourth-order valence-corrected chi connectivity index (χ4v) is 0. The fourth-order valence-electron chi connectivity index (χ4n) is 0. The molecule has 1 nitrogen and oxygen atoms in total. The van der Waals surface area contributed by atoms with E-state index in [4.69, 9.17) is 4.79 Å². The van der Waals surface area contributed by atoms with Crippen molar-refractivity contribution in [2.75, 3.05) is 0 Å². The van der Waals surface area contributed by atoms with E-state index in [-0.39, 0.29) is 16.5 Å². The second kappa shape index (κ2) is 9.08. The molecule has 0 aliphatic heterocycles. The zero-order valence-corrected chi connectivity index (χ0v) is 3.50. The summed E-state index contributed by atoms with van der Waals surface area (Å²) < 4.78 is 0. The maximum absolute atomic E-state index is 8.93. The molecule has 0 spiro atoms. The molecule has 0 heterocycles. The first-order valence-corrected chi connectivity index (χ1v) is 0.901. The van der Waals surface area contributed by atoms with E-state index in [1.54, 1.807) is 0 Å². The molecule has 0 saturated carbocycles. The van der Waals surface area contributed by atoms with Crippen molar-refractivity contribution in [3.05, 3.63) is 12.7 Å². The van der Waals surface area contributed by atoms with E-state index >= 15 is 0 Å². The summed E-state index contributed by atoms with van der Waals surface area (Å²) in [5, 5.41) is 0. The van der Waals surface area contributed by atoms with Crippen LogP contribution in [0.2, 0.25) is 0 Å². The zero-order chi connectivity index (χ0) is 3.41. The molecule has 2 heteroatoms. The maximum atomic E-state index is 8.93. The van der Waals surface area contributed by atoms with Gasteiger partial charge in [-0.25, -0.2) is 12.7 Å². The molecule has 5 heavy (non-hydrogen) atoms. The van der Waals surface area contributed by atoms with Crippen LogP contribution in [0.4, 0.5) is 0 Å². The number of rotatable bonds is 1. The second-order valence-corrected chi connectivity index (χ2v) is 0.322. The van der Waals surface area contributed by atoms with E-state index in [2.05, 4.69) is 6.58 Å². The van der Waals surface area contributed by atoms with Crippen molar-refractivity contribution in [1.29, 1.82) is 0 Å². The first-order valence-electron chi connectivity index (χ1n) is 0.901. The van der Waals surface area contributed by atoms with Gasteiger partial charge in [0.1, 0.15) is 0 Å². The Kier molecular flexibility index (Phi) is 16.1. The third kappa shape index (κ3) is 17.3. The van der Waals surface area contributed by atoms with Gasteiger partial charge in [0.15, 0.2) is 0 Å². The van der Waals surface area contributed by atoms with Crippen molar-refractivity contribution in [2.45, 2.75) is 0 Å². The molecule has 0 aliphatic carbocycles. The number of hydrogen-bond acceptors (Lipinski definition) is 1. The quantitative estimate of drug-likeness (QED) is 0.271.